The topological polar surface area (TPSA) is 62.4 Å². The Balaban J connectivity index is 2.95. The van der Waals surface area contributed by atoms with Crippen molar-refractivity contribution in [3.8, 4) is 0 Å². The van der Waals surface area contributed by atoms with Gasteiger partial charge in [0.05, 0.1) is 6.61 Å². The molecule has 0 radical (unpaired) electrons. The molecule has 1 heterocycles. The van der Waals surface area contributed by atoms with E-state index in [2.05, 4.69) is 4.98 Å². The molecule has 0 aliphatic rings. The first kappa shape index (κ1) is 14.4. The number of nitrogens with one attached hydrogen (secondary N) is 1. The number of carbonyl (C=O) groups is 1. The van der Waals surface area contributed by atoms with Gasteiger partial charge in [-0.2, -0.15) is 0 Å². The van der Waals surface area contributed by atoms with E-state index in [0.717, 1.165) is 6.42 Å². The Morgan fingerprint density at radius 1 is 1.56 bits per heavy atom. The molecular formula is C13H20N2O3. The first-order chi connectivity index (χ1) is 8.61. The number of methoxy groups -OCH3 is 1. The molecule has 1 N–H and O–H groups in total. The summed E-state index contributed by atoms with van der Waals surface area (Å²) in [6, 6.07) is 1.44. The van der Waals surface area contributed by atoms with Crippen molar-refractivity contribution in [3.63, 3.8) is 0 Å². The third kappa shape index (κ3) is 3.43. The molecule has 1 aromatic rings. The molecule has 0 bridgehead atoms. The molecule has 1 aromatic heterocycles. The summed E-state index contributed by atoms with van der Waals surface area (Å²) in [5.74, 6) is -0.247. The van der Waals surface area contributed by atoms with Gasteiger partial charge < -0.3 is 14.6 Å². The van der Waals surface area contributed by atoms with Gasteiger partial charge in [0.1, 0.15) is 5.56 Å². The molecule has 1 unspecified atom stereocenters. The van der Waals surface area contributed by atoms with Crippen LogP contribution in [0.5, 0.6) is 0 Å². The number of carbonyl (C=O) groups excluding carboxylic acids is 1. The average Bonchev–Trinajstić information content (AvgIpc) is 2.39. The van der Waals surface area contributed by atoms with E-state index in [-0.39, 0.29) is 22.9 Å². The summed E-state index contributed by atoms with van der Waals surface area (Å²) in [5.41, 5.74) is -0.0848. The lowest BCUT2D eigenvalue weighted by atomic mass is 10.1. The minimum atomic E-state index is -0.260. The molecule has 5 heteroatoms. The van der Waals surface area contributed by atoms with Crippen molar-refractivity contribution in [3.05, 3.63) is 34.2 Å². The van der Waals surface area contributed by atoms with Gasteiger partial charge in [-0.1, -0.05) is 6.92 Å². The third-order valence-electron chi connectivity index (χ3n) is 2.97. The van der Waals surface area contributed by atoms with Gasteiger partial charge >= 0.3 is 0 Å². The Kier molecular flexibility index (Phi) is 5.58. The van der Waals surface area contributed by atoms with E-state index in [1.807, 2.05) is 13.8 Å². The number of hydrogen-bond donors (Lipinski definition) is 1. The van der Waals surface area contributed by atoms with Gasteiger partial charge in [-0.05, 0) is 13.3 Å². The van der Waals surface area contributed by atoms with Gasteiger partial charge in [-0.3, -0.25) is 9.59 Å². The van der Waals surface area contributed by atoms with E-state index in [1.54, 1.807) is 12.0 Å². The number of ether oxygens (including phenoxy) is 1. The van der Waals surface area contributed by atoms with Gasteiger partial charge in [0, 0.05) is 38.2 Å². The normalized spacial score (nSPS) is 12.2. The second kappa shape index (κ2) is 6.96. The minimum absolute atomic E-state index is 0.0762. The van der Waals surface area contributed by atoms with Crippen molar-refractivity contribution in [2.75, 3.05) is 20.3 Å². The Bertz CT molecular complexity index is 442. The summed E-state index contributed by atoms with van der Waals surface area (Å²) in [6.45, 7) is 4.91. The van der Waals surface area contributed by atoms with E-state index < -0.39 is 0 Å². The number of hydrogen-bond acceptors (Lipinski definition) is 3. The van der Waals surface area contributed by atoms with Gasteiger partial charge in [0.25, 0.3) is 5.91 Å². The molecule has 1 rings (SSSR count). The number of aromatic amines is 1. The maximum atomic E-state index is 12.3. The molecule has 0 saturated heterocycles. The van der Waals surface area contributed by atoms with Crippen molar-refractivity contribution < 1.29 is 9.53 Å². The number of nitrogens with zero attached hydrogens (tertiary/aromatic N) is 1. The first-order valence-electron chi connectivity index (χ1n) is 6.08. The summed E-state index contributed by atoms with van der Waals surface area (Å²) < 4.78 is 5.00. The molecule has 0 aromatic carbocycles. The van der Waals surface area contributed by atoms with E-state index in [9.17, 15) is 9.59 Å². The molecule has 0 spiro atoms. The molecule has 18 heavy (non-hydrogen) atoms. The quantitative estimate of drug-likeness (QED) is 0.829. The van der Waals surface area contributed by atoms with E-state index >= 15 is 0 Å². The second-order valence-electron chi connectivity index (χ2n) is 4.17. The van der Waals surface area contributed by atoms with Crippen molar-refractivity contribution in [2.45, 2.75) is 26.3 Å². The van der Waals surface area contributed by atoms with Crippen LogP contribution in [0.15, 0.2) is 23.3 Å². The van der Waals surface area contributed by atoms with Gasteiger partial charge in [-0.15, -0.1) is 0 Å². The van der Waals surface area contributed by atoms with Crippen LogP contribution in [-0.4, -0.2) is 42.1 Å². The van der Waals surface area contributed by atoms with Crippen LogP contribution in [0.4, 0.5) is 0 Å². The average molecular weight is 252 g/mol. The summed E-state index contributed by atoms with van der Waals surface area (Å²) >= 11 is 0. The van der Waals surface area contributed by atoms with Crippen LogP contribution >= 0.6 is 0 Å². The fraction of sp³-hybridized carbons (Fsp3) is 0.538. The largest absolute Gasteiger partial charge is 0.383 e. The summed E-state index contributed by atoms with van der Waals surface area (Å²) in [4.78, 5) is 28.4. The summed E-state index contributed by atoms with van der Waals surface area (Å²) in [6.07, 6.45) is 3.80. The second-order valence-corrected chi connectivity index (χ2v) is 4.17. The molecule has 0 fully saturated rings. The van der Waals surface area contributed by atoms with Crippen LogP contribution in [0.3, 0.4) is 0 Å². The van der Waals surface area contributed by atoms with E-state index in [4.69, 9.17) is 4.74 Å². The SMILES string of the molecule is CCC(C)N(CCOC)C(=O)c1c[nH]ccc1=O. The smallest absolute Gasteiger partial charge is 0.259 e. The van der Waals surface area contributed by atoms with Gasteiger partial charge in [0.15, 0.2) is 5.43 Å². The Hall–Kier alpha value is -1.62. The molecule has 0 aliphatic carbocycles. The van der Waals surface area contributed by atoms with Crippen molar-refractivity contribution >= 4 is 5.91 Å². The molecular weight excluding hydrogens is 232 g/mol. The number of aromatic nitrogens is 1. The highest BCUT2D eigenvalue weighted by Crippen LogP contribution is 2.07. The Labute approximate surface area is 107 Å². The number of amides is 1. The number of rotatable bonds is 6. The number of H-pyrrole nitrogens is 1. The third-order valence-corrected chi connectivity index (χ3v) is 2.97. The van der Waals surface area contributed by atoms with Gasteiger partial charge in [-0.25, -0.2) is 0 Å². The molecule has 1 amide bonds. The summed E-state index contributed by atoms with van der Waals surface area (Å²) in [7, 11) is 1.59. The zero-order chi connectivity index (χ0) is 13.5. The van der Waals surface area contributed by atoms with Crippen LogP contribution in [-0.2, 0) is 4.74 Å². The maximum absolute atomic E-state index is 12.3. The van der Waals surface area contributed by atoms with Crippen molar-refractivity contribution in [1.29, 1.82) is 0 Å². The predicted molar refractivity (Wildman–Crippen MR) is 69.7 cm³/mol. The van der Waals surface area contributed by atoms with E-state index in [0.29, 0.717) is 13.2 Å². The number of pyridine rings is 1. The molecule has 1 atom stereocenters. The predicted octanol–water partition coefficient (Wildman–Crippen LogP) is 1.26. The zero-order valence-corrected chi connectivity index (χ0v) is 11.1. The van der Waals surface area contributed by atoms with Crippen LogP contribution < -0.4 is 5.43 Å². The molecule has 100 valence electrons. The highest BCUT2D eigenvalue weighted by molar-refractivity contribution is 5.94. The van der Waals surface area contributed by atoms with Crippen molar-refractivity contribution in [2.24, 2.45) is 0 Å². The zero-order valence-electron chi connectivity index (χ0n) is 11.1. The highest BCUT2D eigenvalue weighted by atomic mass is 16.5. The monoisotopic (exact) mass is 252 g/mol. The minimum Gasteiger partial charge on any atom is -0.383 e. The van der Waals surface area contributed by atoms with Crippen molar-refractivity contribution in [1.82, 2.24) is 9.88 Å². The van der Waals surface area contributed by atoms with Crippen LogP contribution in [0.25, 0.3) is 0 Å². The highest BCUT2D eigenvalue weighted by Gasteiger charge is 2.21. The lowest BCUT2D eigenvalue weighted by molar-refractivity contribution is 0.0612. The van der Waals surface area contributed by atoms with Crippen LogP contribution in [0.1, 0.15) is 30.6 Å². The fourth-order valence-electron chi connectivity index (χ4n) is 1.67. The Morgan fingerprint density at radius 2 is 2.28 bits per heavy atom. The lowest BCUT2D eigenvalue weighted by Crippen LogP contribution is -2.42. The molecule has 0 saturated carbocycles. The van der Waals surface area contributed by atoms with E-state index in [1.165, 1.54) is 18.5 Å². The standard InChI is InChI=1S/C13H20N2O3/c1-4-10(2)15(7-8-18-3)13(17)11-9-14-6-5-12(11)16/h5-6,9-10H,4,7-8H2,1-3H3,(H,14,16). The lowest BCUT2D eigenvalue weighted by Gasteiger charge is -2.28. The summed E-state index contributed by atoms with van der Waals surface area (Å²) in [5, 5.41) is 0. The first-order valence-corrected chi connectivity index (χ1v) is 6.08. The maximum Gasteiger partial charge on any atom is 0.259 e. The molecule has 0 aliphatic heterocycles. The Morgan fingerprint density at radius 3 is 2.83 bits per heavy atom. The van der Waals surface area contributed by atoms with Crippen LogP contribution in [0.2, 0.25) is 0 Å². The van der Waals surface area contributed by atoms with Crippen LogP contribution in [0, 0.1) is 0 Å². The van der Waals surface area contributed by atoms with Gasteiger partial charge in [0.2, 0.25) is 0 Å². The molecule has 5 nitrogen and oxygen atoms in total. The fourth-order valence-corrected chi connectivity index (χ4v) is 1.67.